The van der Waals surface area contributed by atoms with E-state index in [1.54, 1.807) is 6.20 Å². The Balaban J connectivity index is 1.91. The minimum absolute atomic E-state index is 0.174. The normalized spacial score (nSPS) is 19.1. The van der Waals surface area contributed by atoms with Crippen molar-refractivity contribution in [3.05, 3.63) is 23.9 Å². The van der Waals surface area contributed by atoms with Gasteiger partial charge in [-0.1, -0.05) is 26.8 Å². The Morgan fingerprint density at radius 3 is 2.58 bits per heavy atom. The SMILES string of the molecule is CC(C)(C)[Si](C)(C)OCc1ccc(NC2CCC(=O)NC2=O)nc1. The van der Waals surface area contributed by atoms with Crippen LogP contribution in [-0.2, 0) is 20.6 Å². The molecule has 6 nitrogen and oxygen atoms in total. The molecule has 24 heavy (non-hydrogen) atoms. The van der Waals surface area contributed by atoms with Crippen LogP contribution in [0.5, 0.6) is 0 Å². The first kappa shape index (κ1) is 18.6. The molecular weight excluding hydrogens is 322 g/mol. The average molecular weight is 350 g/mol. The lowest BCUT2D eigenvalue weighted by molar-refractivity contribution is -0.133. The topological polar surface area (TPSA) is 80.3 Å². The van der Waals surface area contributed by atoms with Gasteiger partial charge in [0.15, 0.2) is 8.32 Å². The number of carbonyl (C=O) groups excluding carboxylic acids is 2. The van der Waals surface area contributed by atoms with Crippen molar-refractivity contribution in [3.8, 4) is 0 Å². The first-order valence-corrected chi connectivity index (χ1v) is 11.2. The van der Waals surface area contributed by atoms with Crippen LogP contribution < -0.4 is 10.6 Å². The third kappa shape index (κ3) is 4.64. The highest BCUT2D eigenvalue weighted by Crippen LogP contribution is 2.37. The lowest BCUT2D eigenvalue weighted by Crippen LogP contribution is -2.47. The van der Waals surface area contributed by atoms with Crippen LogP contribution in [-0.4, -0.2) is 31.2 Å². The number of aromatic nitrogens is 1. The summed E-state index contributed by atoms with van der Waals surface area (Å²) in [6, 6.07) is 3.38. The zero-order chi connectivity index (χ0) is 18.0. The van der Waals surface area contributed by atoms with Crippen LogP contribution in [0.1, 0.15) is 39.2 Å². The largest absolute Gasteiger partial charge is 0.413 e. The molecule has 0 aromatic carbocycles. The third-order valence-corrected chi connectivity index (χ3v) is 9.27. The summed E-state index contributed by atoms with van der Waals surface area (Å²) >= 11 is 0. The summed E-state index contributed by atoms with van der Waals surface area (Å²) in [4.78, 5) is 27.2. The number of hydrogen-bond acceptors (Lipinski definition) is 5. The van der Waals surface area contributed by atoms with E-state index in [0.29, 0.717) is 25.3 Å². The molecule has 0 spiro atoms. The second kappa shape index (κ2) is 7.02. The molecule has 1 unspecified atom stereocenters. The number of pyridine rings is 1. The van der Waals surface area contributed by atoms with Gasteiger partial charge in [0.1, 0.15) is 11.9 Å². The van der Waals surface area contributed by atoms with Crippen molar-refractivity contribution >= 4 is 25.9 Å². The van der Waals surface area contributed by atoms with E-state index < -0.39 is 14.4 Å². The van der Waals surface area contributed by atoms with Crippen molar-refractivity contribution in [2.45, 2.75) is 64.4 Å². The van der Waals surface area contributed by atoms with Crippen molar-refractivity contribution in [1.82, 2.24) is 10.3 Å². The maximum Gasteiger partial charge on any atom is 0.249 e. The van der Waals surface area contributed by atoms with Gasteiger partial charge in [0.2, 0.25) is 11.8 Å². The summed E-state index contributed by atoms with van der Waals surface area (Å²) in [6.45, 7) is 11.6. The second-order valence-electron chi connectivity index (χ2n) is 7.75. The van der Waals surface area contributed by atoms with E-state index in [1.165, 1.54) is 0 Å². The Bertz CT molecular complexity index is 609. The van der Waals surface area contributed by atoms with Gasteiger partial charge in [-0.25, -0.2) is 4.98 Å². The molecule has 2 heterocycles. The highest BCUT2D eigenvalue weighted by atomic mass is 28.4. The van der Waals surface area contributed by atoms with Crippen LogP contribution in [0.3, 0.4) is 0 Å². The van der Waals surface area contributed by atoms with Crippen molar-refractivity contribution in [2.75, 3.05) is 5.32 Å². The molecule has 2 rings (SSSR count). The maximum atomic E-state index is 11.7. The molecule has 0 saturated carbocycles. The van der Waals surface area contributed by atoms with Crippen LogP contribution in [0.15, 0.2) is 18.3 Å². The van der Waals surface area contributed by atoms with Crippen molar-refractivity contribution in [3.63, 3.8) is 0 Å². The lowest BCUT2D eigenvalue weighted by Gasteiger charge is -2.36. The molecule has 2 amide bonds. The van der Waals surface area contributed by atoms with Crippen LogP contribution in [0, 0.1) is 0 Å². The van der Waals surface area contributed by atoms with Gasteiger partial charge >= 0.3 is 0 Å². The lowest BCUT2D eigenvalue weighted by atomic mass is 10.1. The van der Waals surface area contributed by atoms with Crippen LogP contribution in [0.4, 0.5) is 5.82 Å². The zero-order valence-corrected chi connectivity index (χ0v) is 16.1. The first-order valence-electron chi connectivity index (χ1n) is 8.27. The number of imide groups is 1. The molecule has 1 aromatic rings. The zero-order valence-electron chi connectivity index (χ0n) is 15.1. The fourth-order valence-corrected chi connectivity index (χ4v) is 3.05. The molecule has 1 saturated heterocycles. The predicted octanol–water partition coefficient (Wildman–Crippen LogP) is 2.82. The number of hydrogen-bond donors (Lipinski definition) is 2. The van der Waals surface area contributed by atoms with Crippen LogP contribution in [0.2, 0.25) is 18.1 Å². The maximum absolute atomic E-state index is 11.7. The molecule has 0 aliphatic carbocycles. The summed E-state index contributed by atoms with van der Waals surface area (Å²) in [5.41, 5.74) is 1.01. The van der Waals surface area contributed by atoms with Gasteiger partial charge in [0.05, 0.1) is 6.61 Å². The number of anilines is 1. The molecule has 1 atom stereocenters. The predicted molar refractivity (Wildman–Crippen MR) is 96.0 cm³/mol. The van der Waals surface area contributed by atoms with E-state index in [-0.39, 0.29) is 16.9 Å². The summed E-state index contributed by atoms with van der Waals surface area (Å²) in [5.74, 6) is 0.114. The molecule has 1 aliphatic rings. The van der Waals surface area contributed by atoms with E-state index in [4.69, 9.17) is 4.43 Å². The number of carbonyl (C=O) groups is 2. The molecular formula is C17H27N3O3Si. The quantitative estimate of drug-likeness (QED) is 0.631. The van der Waals surface area contributed by atoms with Gasteiger partial charge in [-0.15, -0.1) is 0 Å². The van der Waals surface area contributed by atoms with Gasteiger partial charge in [0.25, 0.3) is 0 Å². The monoisotopic (exact) mass is 349 g/mol. The van der Waals surface area contributed by atoms with E-state index in [9.17, 15) is 9.59 Å². The van der Waals surface area contributed by atoms with E-state index in [1.807, 2.05) is 12.1 Å². The van der Waals surface area contributed by atoms with Crippen molar-refractivity contribution in [2.24, 2.45) is 0 Å². The van der Waals surface area contributed by atoms with Gasteiger partial charge < -0.3 is 9.74 Å². The Kier molecular flexibility index (Phi) is 5.44. The van der Waals surface area contributed by atoms with Gasteiger partial charge in [0, 0.05) is 12.6 Å². The molecule has 0 radical (unpaired) electrons. The number of nitrogens with zero attached hydrogens (tertiary/aromatic N) is 1. The minimum atomic E-state index is -1.78. The molecule has 1 aliphatic heterocycles. The third-order valence-electron chi connectivity index (χ3n) is 4.79. The summed E-state index contributed by atoms with van der Waals surface area (Å²) in [5, 5.41) is 5.57. The summed E-state index contributed by atoms with van der Waals surface area (Å²) < 4.78 is 6.18. The molecule has 7 heteroatoms. The highest BCUT2D eigenvalue weighted by Gasteiger charge is 2.37. The van der Waals surface area contributed by atoms with Gasteiger partial charge in [-0.3, -0.25) is 14.9 Å². The molecule has 132 valence electrons. The summed E-state index contributed by atoms with van der Waals surface area (Å²) in [7, 11) is -1.78. The Morgan fingerprint density at radius 2 is 2.04 bits per heavy atom. The number of rotatable bonds is 5. The second-order valence-corrected chi connectivity index (χ2v) is 12.6. The Hall–Kier alpha value is -1.73. The van der Waals surface area contributed by atoms with Crippen LogP contribution in [0.25, 0.3) is 0 Å². The van der Waals surface area contributed by atoms with Crippen LogP contribution >= 0.6 is 0 Å². The number of nitrogens with one attached hydrogen (secondary N) is 2. The number of piperidine rings is 1. The molecule has 0 bridgehead atoms. The Morgan fingerprint density at radius 1 is 1.33 bits per heavy atom. The van der Waals surface area contributed by atoms with E-state index in [2.05, 4.69) is 49.5 Å². The summed E-state index contributed by atoms with van der Waals surface area (Å²) in [6.07, 6.45) is 2.60. The van der Waals surface area contributed by atoms with E-state index in [0.717, 1.165) is 5.56 Å². The fourth-order valence-electron chi connectivity index (χ4n) is 2.09. The van der Waals surface area contributed by atoms with Gasteiger partial charge in [-0.05, 0) is 36.2 Å². The molecule has 1 fully saturated rings. The van der Waals surface area contributed by atoms with Crippen molar-refractivity contribution < 1.29 is 14.0 Å². The van der Waals surface area contributed by atoms with Crippen molar-refractivity contribution in [1.29, 1.82) is 0 Å². The Labute approximate surface area is 144 Å². The standard InChI is InChI=1S/C17H27N3O3Si/c1-17(2,3)24(4,5)23-11-12-6-8-14(18-10-12)19-13-7-9-15(21)20-16(13)22/h6,8,10,13H,7,9,11H2,1-5H3,(H,18,19)(H,20,21,22). The van der Waals surface area contributed by atoms with Gasteiger partial charge in [-0.2, -0.15) is 0 Å². The van der Waals surface area contributed by atoms with E-state index >= 15 is 0 Å². The minimum Gasteiger partial charge on any atom is -0.413 e. The smallest absolute Gasteiger partial charge is 0.249 e. The first-order chi connectivity index (χ1) is 11.1. The molecule has 2 N–H and O–H groups in total. The highest BCUT2D eigenvalue weighted by molar-refractivity contribution is 6.74. The average Bonchev–Trinajstić information content (AvgIpc) is 2.48. The molecule has 1 aromatic heterocycles. The number of amides is 2. The fraction of sp³-hybridized carbons (Fsp3) is 0.588.